The van der Waals surface area contributed by atoms with Crippen molar-refractivity contribution in [1.29, 1.82) is 0 Å². The number of hydrogen-bond acceptors (Lipinski definition) is 3. The summed E-state index contributed by atoms with van der Waals surface area (Å²) in [6.07, 6.45) is 3.60. The summed E-state index contributed by atoms with van der Waals surface area (Å²) in [7, 11) is 0. The van der Waals surface area contributed by atoms with Gasteiger partial charge in [0.25, 0.3) is 11.8 Å². The topological polar surface area (TPSA) is 57.7 Å². The maximum atomic E-state index is 13.4. The van der Waals surface area contributed by atoms with Gasteiger partial charge in [-0.2, -0.15) is 0 Å². The molecular weight excluding hydrogens is 371 g/mol. The first kappa shape index (κ1) is 19.3. The van der Waals surface area contributed by atoms with Gasteiger partial charge in [-0.05, 0) is 56.2 Å². The molecule has 6 heteroatoms. The number of hydrogen-bond donors (Lipinski definition) is 0. The van der Waals surface area contributed by atoms with Gasteiger partial charge in [0, 0.05) is 11.6 Å². The number of carbonyl (C=O) groups is 3. The zero-order chi connectivity index (χ0) is 20.5. The monoisotopic (exact) mass is 394 g/mol. The maximum absolute atomic E-state index is 13.4. The van der Waals surface area contributed by atoms with E-state index in [4.69, 9.17) is 0 Å². The van der Waals surface area contributed by atoms with E-state index in [1.165, 1.54) is 24.3 Å². The van der Waals surface area contributed by atoms with Gasteiger partial charge in [0.1, 0.15) is 11.9 Å². The molecule has 0 N–H and O–H groups in total. The summed E-state index contributed by atoms with van der Waals surface area (Å²) in [4.78, 5) is 42.0. The number of aryl methyl sites for hydroxylation is 1. The van der Waals surface area contributed by atoms with Crippen LogP contribution in [0.25, 0.3) is 0 Å². The predicted octanol–water partition coefficient (Wildman–Crippen LogP) is 3.85. The van der Waals surface area contributed by atoms with E-state index in [1.54, 1.807) is 11.0 Å². The Labute approximate surface area is 169 Å². The molecule has 0 bridgehead atoms. The van der Waals surface area contributed by atoms with Crippen LogP contribution in [0, 0.1) is 12.7 Å². The minimum absolute atomic E-state index is 0.0513. The summed E-state index contributed by atoms with van der Waals surface area (Å²) in [5.41, 5.74) is 1.82. The Balaban J connectivity index is 1.67. The van der Waals surface area contributed by atoms with E-state index < -0.39 is 17.8 Å². The molecule has 2 aromatic rings. The van der Waals surface area contributed by atoms with E-state index in [0.717, 1.165) is 36.1 Å². The number of nitrogens with zero attached hydrogens (tertiary/aromatic N) is 2. The van der Waals surface area contributed by atoms with Crippen LogP contribution in [-0.4, -0.2) is 34.7 Å². The van der Waals surface area contributed by atoms with Crippen LogP contribution in [0.3, 0.4) is 0 Å². The predicted molar refractivity (Wildman–Crippen MR) is 107 cm³/mol. The molecule has 0 aromatic heterocycles. The van der Waals surface area contributed by atoms with E-state index >= 15 is 0 Å². The lowest BCUT2D eigenvalue weighted by molar-refractivity contribution is -0.123. The van der Waals surface area contributed by atoms with Gasteiger partial charge in [0.15, 0.2) is 0 Å². The van der Waals surface area contributed by atoms with Crippen LogP contribution in [-0.2, 0) is 9.59 Å². The molecule has 1 atom stereocenters. The van der Waals surface area contributed by atoms with Crippen LogP contribution < -0.4 is 4.90 Å². The minimum Gasteiger partial charge on any atom is -0.323 e. The van der Waals surface area contributed by atoms with Crippen molar-refractivity contribution < 1.29 is 18.8 Å². The molecule has 2 fully saturated rings. The molecule has 2 aliphatic rings. The highest BCUT2D eigenvalue weighted by Crippen LogP contribution is 2.32. The maximum Gasteiger partial charge on any atom is 0.257 e. The highest BCUT2D eigenvalue weighted by molar-refractivity contribution is 6.23. The molecule has 0 spiro atoms. The van der Waals surface area contributed by atoms with E-state index in [9.17, 15) is 18.8 Å². The summed E-state index contributed by atoms with van der Waals surface area (Å²) >= 11 is 0. The molecule has 1 heterocycles. The van der Waals surface area contributed by atoms with E-state index in [1.807, 2.05) is 25.1 Å². The second-order valence-electron chi connectivity index (χ2n) is 7.78. The summed E-state index contributed by atoms with van der Waals surface area (Å²) < 4.78 is 13.3. The molecule has 1 aliphatic heterocycles. The summed E-state index contributed by atoms with van der Waals surface area (Å²) in [5, 5.41) is 0. The first-order valence-electron chi connectivity index (χ1n) is 9.97. The van der Waals surface area contributed by atoms with Gasteiger partial charge in [0.05, 0.1) is 12.1 Å². The lowest BCUT2D eigenvalue weighted by Gasteiger charge is -2.33. The van der Waals surface area contributed by atoms with E-state index in [2.05, 4.69) is 0 Å². The Bertz CT molecular complexity index is 951. The fraction of sp³-hybridized carbons (Fsp3) is 0.348. The fourth-order valence-corrected chi connectivity index (χ4v) is 4.37. The van der Waals surface area contributed by atoms with Crippen LogP contribution >= 0.6 is 0 Å². The lowest BCUT2D eigenvalue weighted by atomic mass is 10.0. The zero-order valence-corrected chi connectivity index (χ0v) is 16.3. The van der Waals surface area contributed by atoms with Gasteiger partial charge < -0.3 is 4.90 Å². The smallest absolute Gasteiger partial charge is 0.257 e. The van der Waals surface area contributed by atoms with Crippen LogP contribution in [0.1, 0.15) is 48.0 Å². The summed E-state index contributed by atoms with van der Waals surface area (Å²) in [6.45, 7) is 1.91. The van der Waals surface area contributed by atoms with Gasteiger partial charge in [-0.25, -0.2) is 9.29 Å². The molecule has 29 heavy (non-hydrogen) atoms. The summed E-state index contributed by atoms with van der Waals surface area (Å²) in [6, 6.07) is 11.7. The van der Waals surface area contributed by atoms with Crippen molar-refractivity contribution in [3.8, 4) is 0 Å². The van der Waals surface area contributed by atoms with Crippen molar-refractivity contribution in [3.05, 3.63) is 65.5 Å². The molecular formula is C23H23FN2O3. The standard InChI is InChI=1S/C23H23FN2O3/c1-15-5-4-6-16(13-15)22(28)25(18-7-2-3-8-18)20-14-21(27)26(23(20)29)19-11-9-17(24)10-12-19/h4-6,9-13,18,20H,2-3,7-8,14H2,1H3. The number of amides is 3. The molecule has 4 rings (SSSR count). The van der Waals surface area contributed by atoms with Gasteiger partial charge in [0.2, 0.25) is 5.91 Å². The third kappa shape index (κ3) is 3.67. The molecule has 150 valence electrons. The van der Waals surface area contributed by atoms with Crippen LogP contribution in [0.15, 0.2) is 48.5 Å². The highest BCUT2D eigenvalue weighted by Gasteiger charge is 2.47. The van der Waals surface area contributed by atoms with Crippen LogP contribution in [0.2, 0.25) is 0 Å². The molecule has 0 radical (unpaired) electrons. The lowest BCUT2D eigenvalue weighted by Crippen LogP contribution is -2.50. The normalized spacial score (nSPS) is 19.8. The number of anilines is 1. The van der Waals surface area contributed by atoms with Crippen LogP contribution in [0.4, 0.5) is 10.1 Å². The molecule has 1 saturated heterocycles. The Morgan fingerprint density at radius 2 is 1.76 bits per heavy atom. The quantitative estimate of drug-likeness (QED) is 0.740. The Morgan fingerprint density at radius 3 is 2.41 bits per heavy atom. The SMILES string of the molecule is Cc1cccc(C(=O)N(C2CCCC2)C2CC(=O)N(c3ccc(F)cc3)C2=O)c1. The Morgan fingerprint density at radius 1 is 1.07 bits per heavy atom. The second-order valence-corrected chi connectivity index (χ2v) is 7.78. The number of imide groups is 1. The fourth-order valence-electron chi connectivity index (χ4n) is 4.37. The number of halogens is 1. The number of carbonyl (C=O) groups excluding carboxylic acids is 3. The largest absolute Gasteiger partial charge is 0.323 e. The van der Waals surface area contributed by atoms with Crippen molar-refractivity contribution in [2.45, 2.75) is 51.1 Å². The van der Waals surface area contributed by atoms with Gasteiger partial charge in [-0.1, -0.05) is 30.5 Å². The average molecular weight is 394 g/mol. The van der Waals surface area contributed by atoms with E-state index in [0.29, 0.717) is 11.3 Å². The third-order valence-corrected chi connectivity index (χ3v) is 5.76. The van der Waals surface area contributed by atoms with Crippen molar-refractivity contribution in [3.63, 3.8) is 0 Å². The molecule has 2 aromatic carbocycles. The first-order chi connectivity index (χ1) is 14.0. The van der Waals surface area contributed by atoms with Gasteiger partial charge >= 0.3 is 0 Å². The number of rotatable bonds is 4. The Kier molecular flexibility index (Phi) is 5.18. The molecule has 1 aliphatic carbocycles. The minimum atomic E-state index is -0.830. The van der Waals surface area contributed by atoms with Crippen molar-refractivity contribution in [2.24, 2.45) is 0 Å². The van der Waals surface area contributed by atoms with Crippen molar-refractivity contribution >= 4 is 23.4 Å². The van der Waals surface area contributed by atoms with E-state index in [-0.39, 0.29) is 24.3 Å². The highest BCUT2D eigenvalue weighted by atomic mass is 19.1. The second kappa shape index (κ2) is 7.78. The Hall–Kier alpha value is -3.02. The molecule has 1 saturated carbocycles. The molecule has 3 amide bonds. The number of benzene rings is 2. The zero-order valence-electron chi connectivity index (χ0n) is 16.3. The molecule has 5 nitrogen and oxygen atoms in total. The summed E-state index contributed by atoms with van der Waals surface area (Å²) in [5.74, 6) is -1.44. The van der Waals surface area contributed by atoms with Gasteiger partial charge in [-0.15, -0.1) is 0 Å². The van der Waals surface area contributed by atoms with Gasteiger partial charge in [-0.3, -0.25) is 14.4 Å². The first-order valence-corrected chi connectivity index (χ1v) is 9.97. The van der Waals surface area contributed by atoms with Crippen molar-refractivity contribution in [2.75, 3.05) is 4.90 Å². The molecule has 1 unspecified atom stereocenters. The third-order valence-electron chi connectivity index (χ3n) is 5.76. The van der Waals surface area contributed by atoms with Crippen molar-refractivity contribution in [1.82, 2.24) is 4.90 Å². The van der Waals surface area contributed by atoms with Crippen LogP contribution in [0.5, 0.6) is 0 Å². The average Bonchev–Trinajstić information content (AvgIpc) is 3.32.